The van der Waals surface area contributed by atoms with E-state index in [4.69, 9.17) is 0 Å². The van der Waals surface area contributed by atoms with Gasteiger partial charge in [-0.1, -0.05) is 18.2 Å². The lowest BCUT2D eigenvalue weighted by Crippen LogP contribution is -3.00. The molecule has 0 saturated carbocycles. The molecule has 1 rings (SSSR count). The highest BCUT2D eigenvalue weighted by Crippen LogP contribution is 2.09. The Morgan fingerprint density at radius 2 is 1.92 bits per heavy atom. The number of amides is 1. The summed E-state index contributed by atoms with van der Waals surface area (Å²) in [7, 11) is 0. The van der Waals surface area contributed by atoms with E-state index in [2.05, 4.69) is 0 Å². The molecule has 12 heavy (non-hydrogen) atoms. The molecule has 0 heterocycles. The van der Waals surface area contributed by atoms with Crippen LogP contribution in [0.15, 0.2) is 30.3 Å². The second-order valence-electron chi connectivity index (χ2n) is 2.23. The highest BCUT2D eigenvalue weighted by molar-refractivity contribution is 5.74. The average molecular weight is 185 g/mol. The number of hydrogen-bond donors (Lipinski definition) is 0. The lowest BCUT2D eigenvalue weighted by atomic mass is 10.3. The van der Waals surface area contributed by atoms with Gasteiger partial charge in [-0.15, -0.1) is 0 Å². The molecule has 3 heteroatoms. The van der Waals surface area contributed by atoms with E-state index in [0.29, 0.717) is 6.54 Å². The molecule has 0 aliphatic heterocycles. The lowest BCUT2D eigenvalue weighted by Gasteiger charge is -2.13. The molecule has 1 aromatic carbocycles. The van der Waals surface area contributed by atoms with Crippen LogP contribution in [0.4, 0.5) is 5.69 Å². The summed E-state index contributed by atoms with van der Waals surface area (Å²) in [5.74, 6) is 0. The summed E-state index contributed by atoms with van der Waals surface area (Å²) in [5.41, 5.74) is 0.949. The van der Waals surface area contributed by atoms with E-state index < -0.39 is 0 Å². The first-order valence-corrected chi connectivity index (χ1v) is 3.65. The summed E-state index contributed by atoms with van der Waals surface area (Å²) < 4.78 is 0. The molecule has 0 aromatic heterocycles. The fraction of sp³-hybridized carbons (Fsp3) is 0.222. The maximum Gasteiger partial charge on any atom is 0.214 e. The Hall–Kier alpha value is -1.02. The molecule has 0 aliphatic carbocycles. The zero-order valence-corrected chi connectivity index (χ0v) is 7.66. The maximum absolute atomic E-state index is 10.5. The van der Waals surface area contributed by atoms with Gasteiger partial charge in [-0.05, 0) is 19.1 Å². The first kappa shape index (κ1) is 11.0. The van der Waals surface area contributed by atoms with Crippen molar-refractivity contribution in [3.63, 3.8) is 0 Å². The highest BCUT2D eigenvalue weighted by Gasteiger charge is 1.98. The van der Waals surface area contributed by atoms with Crippen LogP contribution in [0.3, 0.4) is 0 Å². The first-order chi connectivity index (χ1) is 5.38. The van der Waals surface area contributed by atoms with Gasteiger partial charge < -0.3 is 17.3 Å². The zero-order chi connectivity index (χ0) is 8.10. The van der Waals surface area contributed by atoms with Crippen molar-refractivity contribution >= 4 is 12.1 Å². The average Bonchev–Trinajstić information content (AvgIpc) is 2.09. The van der Waals surface area contributed by atoms with Crippen molar-refractivity contribution in [3.8, 4) is 0 Å². The molecule has 0 bridgehead atoms. The van der Waals surface area contributed by atoms with Gasteiger partial charge in [0.2, 0.25) is 6.41 Å². The molecule has 0 unspecified atom stereocenters. The van der Waals surface area contributed by atoms with E-state index in [0.717, 1.165) is 12.1 Å². The Kier molecular flexibility index (Phi) is 5.13. The molecule has 2 nitrogen and oxygen atoms in total. The minimum Gasteiger partial charge on any atom is -1.00 e. The lowest BCUT2D eigenvalue weighted by molar-refractivity contribution is -0.107. The summed E-state index contributed by atoms with van der Waals surface area (Å²) in [6, 6.07) is 9.60. The Labute approximate surface area is 78.6 Å². The van der Waals surface area contributed by atoms with E-state index in [1.165, 1.54) is 0 Å². The monoisotopic (exact) mass is 184 g/mol. The number of carbonyl (C=O) groups excluding carboxylic acids is 1. The van der Waals surface area contributed by atoms with Gasteiger partial charge in [0.05, 0.1) is 0 Å². The third-order valence-corrected chi connectivity index (χ3v) is 1.56. The first-order valence-electron chi connectivity index (χ1n) is 3.65. The molecule has 1 amide bonds. The summed E-state index contributed by atoms with van der Waals surface area (Å²) in [6.45, 7) is 2.66. The Bertz CT molecular complexity index is 225. The van der Waals surface area contributed by atoms with Gasteiger partial charge in [-0.3, -0.25) is 4.79 Å². The van der Waals surface area contributed by atoms with Gasteiger partial charge in [0.15, 0.2) is 0 Å². The maximum atomic E-state index is 10.5. The number of para-hydroxylation sites is 1. The summed E-state index contributed by atoms with van der Waals surface area (Å²) in [5, 5.41) is 0. The van der Waals surface area contributed by atoms with Gasteiger partial charge in [0, 0.05) is 12.2 Å². The van der Waals surface area contributed by atoms with Gasteiger partial charge in [0.1, 0.15) is 0 Å². The number of rotatable bonds is 3. The van der Waals surface area contributed by atoms with Crippen LogP contribution < -0.4 is 17.3 Å². The van der Waals surface area contributed by atoms with E-state index >= 15 is 0 Å². The SMILES string of the molecule is CCN(C=O)c1ccccc1.[Cl-]. The predicted octanol–water partition coefficient (Wildman–Crippen LogP) is -1.33. The van der Waals surface area contributed by atoms with E-state index in [1.54, 1.807) is 4.90 Å². The molecule has 0 atom stereocenters. The fourth-order valence-corrected chi connectivity index (χ4v) is 0.937. The number of anilines is 1. The normalized spacial score (nSPS) is 8.42. The number of benzene rings is 1. The van der Waals surface area contributed by atoms with Crippen LogP contribution in [-0.2, 0) is 4.79 Å². The smallest absolute Gasteiger partial charge is 0.214 e. The molecule has 0 N–H and O–H groups in total. The number of nitrogens with zero attached hydrogens (tertiary/aromatic N) is 1. The number of halogens is 1. The summed E-state index contributed by atoms with van der Waals surface area (Å²) >= 11 is 0. The molecule has 0 spiro atoms. The quantitative estimate of drug-likeness (QED) is 0.534. The van der Waals surface area contributed by atoms with Gasteiger partial charge in [-0.2, -0.15) is 0 Å². The van der Waals surface area contributed by atoms with Crippen molar-refractivity contribution < 1.29 is 17.2 Å². The minimum atomic E-state index is 0. The van der Waals surface area contributed by atoms with Crippen LogP contribution in [0.1, 0.15) is 6.92 Å². The number of carbonyl (C=O) groups is 1. The largest absolute Gasteiger partial charge is 1.00 e. The molecular formula is C9H11ClNO-. The molecular weight excluding hydrogens is 174 g/mol. The van der Waals surface area contributed by atoms with E-state index in [-0.39, 0.29) is 12.4 Å². The van der Waals surface area contributed by atoms with Crippen LogP contribution in [0, 0.1) is 0 Å². The van der Waals surface area contributed by atoms with Crippen molar-refractivity contribution in [2.75, 3.05) is 11.4 Å². The Morgan fingerprint density at radius 3 is 2.33 bits per heavy atom. The van der Waals surface area contributed by atoms with Crippen LogP contribution >= 0.6 is 0 Å². The van der Waals surface area contributed by atoms with Crippen molar-refractivity contribution in [2.45, 2.75) is 6.92 Å². The molecule has 1 aromatic rings. The number of hydrogen-bond acceptors (Lipinski definition) is 1. The predicted molar refractivity (Wildman–Crippen MR) is 45.5 cm³/mol. The second kappa shape index (κ2) is 5.61. The molecule has 0 saturated heterocycles. The second-order valence-corrected chi connectivity index (χ2v) is 2.23. The van der Waals surface area contributed by atoms with Gasteiger partial charge >= 0.3 is 0 Å². The van der Waals surface area contributed by atoms with Crippen LogP contribution in [0.2, 0.25) is 0 Å². The standard InChI is InChI=1S/C9H11NO.ClH/c1-2-10(8-11)9-6-4-3-5-7-9;/h3-8H,2H2,1H3;1H/p-1. The van der Waals surface area contributed by atoms with Crippen LogP contribution in [0.25, 0.3) is 0 Å². The molecule has 0 fully saturated rings. The van der Waals surface area contributed by atoms with Crippen molar-refractivity contribution in [2.24, 2.45) is 0 Å². The molecule has 66 valence electrons. The third kappa shape index (κ3) is 2.55. The fourth-order valence-electron chi connectivity index (χ4n) is 0.937. The Balaban J connectivity index is 0.00000121. The summed E-state index contributed by atoms with van der Waals surface area (Å²) in [6.07, 6.45) is 0.843. The third-order valence-electron chi connectivity index (χ3n) is 1.56. The molecule has 0 aliphatic rings. The molecule has 0 radical (unpaired) electrons. The summed E-state index contributed by atoms with van der Waals surface area (Å²) in [4.78, 5) is 12.1. The minimum absolute atomic E-state index is 0. The zero-order valence-electron chi connectivity index (χ0n) is 6.90. The Morgan fingerprint density at radius 1 is 1.33 bits per heavy atom. The van der Waals surface area contributed by atoms with Gasteiger partial charge in [0.25, 0.3) is 0 Å². The topological polar surface area (TPSA) is 20.3 Å². The van der Waals surface area contributed by atoms with Crippen LogP contribution in [-0.4, -0.2) is 13.0 Å². The van der Waals surface area contributed by atoms with Gasteiger partial charge in [-0.25, -0.2) is 0 Å². The van der Waals surface area contributed by atoms with Crippen molar-refractivity contribution in [1.29, 1.82) is 0 Å². The van der Waals surface area contributed by atoms with E-state index in [1.807, 2.05) is 37.3 Å². The van der Waals surface area contributed by atoms with Crippen LogP contribution in [0.5, 0.6) is 0 Å². The van der Waals surface area contributed by atoms with Crippen molar-refractivity contribution in [1.82, 2.24) is 0 Å². The van der Waals surface area contributed by atoms with Crippen molar-refractivity contribution in [3.05, 3.63) is 30.3 Å². The van der Waals surface area contributed by atoms with E-state index in [9.17, 15) is 4.79 Å². The highest BCUT2D eigenvalue weighted by atomic mass is 35.5.